The number of hydrogen-bond acceptors (Lipinski definition) is 2. The van der Waals surface area contributed by atoms with Gasteiger partial charge in [-0.1, -0.05) is 18.2 Å². The second kappa shape index (κ2) is 3.85. The summed E-state index contributed by atoms with van der Waals surface area (Å²) in [6, 6.07) is 7.75. The van der Waals surface area contributed by atoms with E-state index in [-0.39, 0.29) is 5.75 Å². The lowest BCUT2D eigenvalue weighted by Crippen LogP contribution is -2.36. The molecular formula is C11H15NO2S. The van der Waals surface area contributed by atoms with Crippen molar-refractivity contribution in [3.8, 4) is 0 Å². The molecule has 0 saturated carbocycles. The van der Waals surface area contributed by atoms with Crippen LogP contribution in [0, 0.1) is 0 Å². The van der Waals surface area contributed by atoms with E-state index in [0.29, 0.717) is 6.54 Å². The Morgan fingerprint density at radius 2 is 2.07 bits per heavy atom. The van der Waals surface area contributed by atoms with Crippen molar-refractivity contribution in [1.29, 1.82) is 0 Å². The molecule has 0 saturated heterocycles. The molecule has 0 bridgehead atoms. The van der Waals surface area contributed by atoms with Crippen molar-refractivity contribution in [2.45, 2.75) is 19.8 Å². The monoisotopic (exact) mass is 225 g/mol. The van der Waals surface area contributed by atoms with Gasteiger partial charge in [0.05, 0.1) is 11.4 Å². The van der Waals surface area contributed by atoms with E-state index in [1.54, 1.807) is 11.2 Å². The smallest absolute Gasteiger partial charge is 0.234 e. The molecule has 15 heavy (non-hydrogen) atoms. The predicted octanol–water partition coefficient (Wildman–Crippen LogP) is 1.79. The number of hydrogen-bond donors (Lipinski definition) is 0. The summed E-state index contributed by atoms with van der Waals surface area (Å²) in [5, 5.41) is 0. The number of anilines is 1. The Morgan fingerprint density at radius 3 is 2.80 bits per heavy atom. The van der Waals surface area contributed by atoms with E-state index in [1.165, 1.54) is 0 Å². The topological polar surface area (TPSA) is 37.4 Å². The minimum Gasteiger partial charge on any atom is -0.270 e. The van der Waals surface area contributed by atoms with Crippen LogP contribution in [0.15, 0.2) is 24.3 Å². The molecule has 0 aromatic heterocycles. The average Bonchev–Trinajstić information content (AvgIpc) is 2.28. The highest BCUT2D eigenvalue weighted by atomic mass is 32.2. The number of nitrogens with zero attached hydrogens (tertiary/aromatic N) is 1. The molecule has 0 unspecified atom stereocenters. The van der Waals surface area contributed by atoms with Gasteiger partial charge in [0.2, 0.25) is 10.0 Å². The zero-order valence-electron chi connectivity index (χ0n) is 8.81. The van der Waals surface area contributed by atoms with Crippen LogP contribution < -0.4 is 4.31 Å². The van der Waals surface area contributed by atoms with Crippen LogP contribution in [-0.4, -0.2) is 20.7 Å². The first-order chi connectivity index (χ1) is 7.15. The van der Waals surface area contributed by atoms with Crippen LogP contribution in [0.25, 0.3) is 0 Å². The maximum absolute atomic E-state index is 11.8. The van der Waals surface area contributed by atoms with E-state index in [1.807, 2.05) is 24.3 Å². The van der Waals surface area contributed by atoms with Crippen molar-refractivity contribution < 1.29 is 8.42 Å². The van der Waals surface area contributed by atoms with Crippen LogP contribution in [0.2, 0.25) is 0 Å². The van der Waals surface area contributed by atoms with Gasteiger partial charge in [0.1, 0.15) is 0 Å². The molecule has 3 nitrogen and oxygen atoms in total. The molecule has 0 atom stereocenters. The van der Waals surface area contributed by atoms with Gasteiger partial charge >= 0.3 is 0 Å². The zero-order valence-corrected chi connectivity index (χ0v) is 9.63. The van der Waals surface area contributed by atoms with Gasteiger partial charge in [-0.15, -0.1) is 0 Å². The van der Waals surface area contributed by atoms with Crippen molar-refractivity contribution in [3.05, 3.63) is 29.8 Å². The van der Waals surface area contributed by atoms with Gasteiger partial charge in [-0.25, -0.2) is 8.42 Å². The highest BCUT2D eigenvalue weighted by molar-refractivity contribution is 7.92. The van der Waals surface area contributed by atoms with Crippen LogP contribution in [0.4, 0.5) is 5.69 Å². The largest absolute Gasteiger partial charge is 0.270 e. The van der Waals surface area contributed by atoms with Crippen LogP contribution in [0.1, 0.15) is 18.9 Å². The third-order valence-corrected chi connectivity index (χ3v) is 4.55. The van der Waals surface area contributed by atoms with Crippen molar-refractivity contribution >= 4 is 15.7 Å². The number of rotatable bonds is 2. The fourth-order valence-corrected chi connectivity index (χ4v) is 3.14. The molecule has 0 amide bonds. The van der Waals surface area contributed by atoms with Gasteiger partial charge in [-0.2, -0.15) is 0 Å². The summed E-state index contributed by atoms with van der Waals surface area (Å²) >= 11 is 0. The van der Waals surface area contributed by atoms with E-state index >= 15 is 0 Å². The van der Waals surface area contributed by atoms with Gasteiger partial charge in [0, 0.05) is 6.54 Å². The Kier molecular flexibility index (Phi) is 2.69. The van der Waals surface area contributed by atoms with Crippen LogP contribution in [0.3, 0.4) is 0 Å². The quantitative estimate of drug-likeness (QED) is 0.769. The van der Waals surface area contributed by atoms with E-state index in [0.717, 1.165) is 24.1 Å². The second-order valence-electron chi connectivity index (χ2n) is 3.70. The first kappa shape index (κ1) is 10.5. The van der Waals surface area contributed by atoms with E-state index in [9.17, 15) is 8.42 Å². The molecule has 0 N–H and O–H groups in total. The minimum atomic E-state index is -3.10. The van der Waals surface area contributed by atoms with E-state index in [2.05, 4.69) is 0 Å². The number of benzene rings is 1. The lowest BCUT2D eigenvalue weighted by molar-refractivity contribution is 0.588. The molecule has 82 valence electrons. The SMILES string of the molecule is CCS(=O)(=O)N1CCCc2ccccc21. The normalized spacial score (nSPS) is 16.2. The Labute approximate surface area is 90.8 Å². The maximum Gasteiger partial charge on any atom is 0.234 e. The zero-order chi connectivity index (χ0) is 10.9. The third kappa shape index (κ3) is 1.86. The maximum atomic E-state index is 11.8. The number of para-hydroxylation sites is 1. The summed E-state index contributed by atoms with van der Waals surface area (Å²) in [6.07, 6.45) is 1.89. The number of fused-ring (bicyclic) bond motifs is 1. The first-order valence-corrected chi connectivity index (χ1v) is 6.84. The molecule has 1 aliphatic rings. The van der Waals surface area contributed by atoms with Crippen LogP contribution in [-0.2, 0) is 16.4 Å². The molecule has 1 aromatic carbocycles. The highest BCUT2D eigenvalue weighted by Crippen LogP contribution is 2.28. The summed E-state index contributed by atoms with van der Waals surface area (Å²) in [5.74, 6) is 0.168. The molecule has 0 spiro atoms. The third-order valence-electron chi connectivity index (χ3n) is 2.77. The Morgan fingerprint density at radius 1 is 1.33 bits per heavy atom. The minimum absolute atomic E-state index is 0.168. The van der Waals surface area contributed by atoms with Gasteiger partial charge in [0.25, 0.3) is 0 Å². The Hall–Kier alpha value is -1.03. The first-order valence-electron chi connectivity index (χ1n) is 5.23. The summed E-state index contributed by atoms with van der Waals surface area (Å²) in [5.41, 5.74) is 2.01. The highest BCUT2D eigenvalue weighted by Gasteiger charge is 2.25. The summed E-state index contributed by atoms with van der Waals surface area (Å²) in [7, 11) is -3.10. The molecule has 0 fully saturated rings. The Bertz CT molecular complexity index is 453. The molecule has 0 radical (unpaired) electrons. The molecule has 1 heterocycles. The Balaban J connectivity index is 2.47. The lowest BCUT2D eigenvalue weighted by atomic mass is 10.0. The van der Waals surface area contributed by atoms with E-state index < -0.39 is 10.0 Å². The van der Waals surface area contributed by atoms with Gasteiger partial charge in [-0.3, -0.25) is 4.31 Å². The molecule has 2 rings (SSSR count). The van der Waals surface area contributed by atoms with Gasteiger partial charge in [-0.05, 0) is 31.4 Å². The van der Waals surface area contributed by atoms with Crippen LogP contribution >= 0.6 is 0 Å². The molecular weight excluding hydrogens is 210 g/mol. The summed E-state index contributed by atoms with van der Waals surface area (Å²) in [4.78, 5) is 0. The van der Waals surface area contributed by atoms with Gasteiger partial charge in [0.15, 0.2) is 0 Å². The molecule has 0 aliphatic carbocycles. The lowest BCUT2D eigenvalue weighted by Gasteiger charge is -2.29. The average molecular weight is 225 g/mol. The summed E-state index contributed by atoms with van der Waals surface area (Å²) < 4.78 is 25.2. The number of sulfonamides is 1. The van der Waals surface area contributed by atoms with Crippen molar-refractivity contribution in [2.24, 2.45) is 0 Å². The molecule has 1 aliphatic heterocycles. The van der Waals surface area contributed by atoms with Gasteiger partial charge < -0.3 is 0 Å². The fourth-order valence-electron chi connectivity index (χ4n) is 1.94. The van der Waals surface area contributed by atoms with Crippen molar-refractivity contribution in [3.63, 3.8) is 0 Å². The van der Waals surface area contributed by atoms with Crippen LogP contribution in [0.5, 0.6) is 0 Å². The van der Waals surface area contributed by atoms with Crippen molar-refractivity contribution in [2.75, 3.05) is 16.6 Å². The predicted molar refractivity (Wildman–Crippen MR) is 61.6 cm³/mol. The second-order valence-corrected chi connectivity index (χ2v) is 5.89. The molecule has 4 heteroatoms. The molecule has 1 aromatic rings. The summed E-state index contributed by atoms with van der Waals surface area (Å²) in [6.45, 7) is 2.31. The number of aryl methyl sites for hydroxylation is 1. The fraction of sp³-hybridized carbons (Fsp3) is 0.455. The van der Waals surface area contributed by atoms with E-state index in [4.69, 9.17) is 0 Å². The van der Waals surface area contributed by atoms with Crippen molar-refractivity contribution in [1.82, 2.24) is 0 Å². The standard InChI is InChI=1S/C11H15NO2S/c1-2-15(13,14)12-9-5-7-10-6-3-4-8-11(10)12/h3-4,6,8H,2,5,7,9H2,1H3.